The molecule has 0 aliphatic rings. The molecule has 0 aliphatic heterocycles. The number of ether oxygens (including phenoxy) is 2. The second kappa shape index (κ2) is 19.0. The SMILES string of the molecule is COc1cc(-c2ccc(N=Nc3c(S(=O)(=O)O)cc4cc(S(=O)(=O)[O-])cc(N)c4c3[O-])c(OC)c2)ccc1N=Nc1cc(S(=O)(=O)O)c2ccccc2c1[O-].[Na+].[Na+].[Na+]. The van der Waals surface area contributed by atoms with Gasteiger partial charge in [0.1, 0.15) is 42.8 Å². The average molecular weight is 876 g/mol. The number of benzene rings is 6. The molecular formula is C34H24N5Na3O13S3. The van der Waals surface area contributed by atoms with Crippen molar-refractivity contribution in [2.24, 2.45) is 20.5 Å². The maximum absolute atomic E-state index is 13.4. The van der Waals surface area contributed by atoms with Crippen LogP contribution in [0.1, 0.15) is 0 Å². The minimum atomic E-state index is -5.15. The van der Waals surface area contributed by atoms with Crippen molar-refractivity contribution in [3.05, 3.63) is 84.9 Å². The Hall–Kier alpha value is -3.23. The summed E-state index contributed by atoms with van der Waals surface area (Å²) in [5.74, 6) is -1.48. The van der Waals surface area contributed by atoms with Gasteiger partial charge in [-0.3, -0.25) is 9.11 Å². The molecule has 0 aliphatic carbocycles. The van der Waals surface area contributed by atoms with Gasteiger partial charge in [-0.05, 0) is 75.8 Å². The second-order valence-corrected chi connectivity index (χ2v) is 15.7. The van der Waals surface area contributed by atoms with Crippen LogP contribution in [-0.2, 0) is 30.4 Å². The maximum atomic E-state index is 13.4. The summed E-state index contributed by atoms with van der Waals surface area (Å²) in [5.41, 5.74) is 5.40. The first-order chi connectivity index (χ1) is 25.8. The largest absolute Gasteiger partial charge is 1.00 e. The molecule has 0 unspecified atom stereocenters. The molecule has 0 heterocycles. The van der Waals surface area contributed by atoms with Gasteiger partial charge in [-0.2, -0.15) is 21.9 Å². The summed E-state index contributed by atoms with van der Waals surface area (Å²) < 4.78 is 114. The summed E-state index contributed by atoms with van der Waals surface area (Å²) in [4.78, 5) is -2.37. The van der Waals surface area contributed by atoms with Gasteiger partial charge in [-0.15, -0.1) is 15.3 Å². The molecule has 58 heavy (non-hydrogen) atoms. The molecular weight excluding hydrogens is 852 g/mol. The minimum Gasteiger partial charge on any atom is -0.871 e. The molecule has 0 saturated heterocycles. The number of rotatable bonds is 10. The molecule has 6 rings (SSSR count). The number of methoxy groups -OCH3 is 2. The first-order valence-electron chi connectivity index (χ1n) is 15.2. The van der Waals surface area contributed by atoms with E-state index in [0.29, 0.717) is 11.1 Å². The van der Waals surface area contributed by atoms with Crippen LogP contribution in [0.3, 0.4) is 0 Å². The normalized spacial score (nSPS) is 11.9. The zero-order valence-corrected chi connectivity index (χ0v) is 39.5. The fourth-order valence-electron chi connectivity index (χ4n) is 5.59. The molecule has 24 heteroatoms. The number of hydrogen-bond donors (Lipinski definition) is 3. The number of azo groups is 2. The van der Waals surface area contributed by atoms with E-state index in [1.54, 1.807) is 18.2 Å². The number of nitrogen functional groups attached to an aromatic ring is 1. The third kappa shape index (κ3) is 10.2. The Labute approximate surface area is 397 Å². The molecule has 6 aromatic carbocycles. The molecule has 0 spiro atoms. The number of nitrogens with two attached hydrogens (primary N) is 1. The van der Waals surface area contributed by atoms with Gasteiger partial charge < -0.3 is 30.0 Å². The molecule has 0 fully saturated rings. The first kappa shape index (κ1) is 49.1. The average Bonchev–Trinajstić information content (AvgIpc) is 3.12. The quantitative estimate of drug-likeness (QED) is 0.0525. The Morgan fingerprint density at radius 2 is 1.10 bits per heavy atom. The Morgan fingerprint density at radius 3 is 1.60 bits per heavy atom. The molecule has 0 saturated carbocycles. The van der Waals surface area contributed by atoms with Crippen LogP contribution in [0.5, 0.6) is 23.0 Å². The molecule has 6 aromatic rings. The van der Waals surface area contributed by atoms with E-state index in [0.717, 1.165) is 24.3 Å². The predicted molar refractivity (Wildman–Crippen MR) is 192 cm³/mol. The third-order valence-corrected chi connectivity index (χ3v) is 10.7. The van der Waals surface area contributed by atoms with E-state index in [1.807, 2.05) is 0 Å². The van der Waals surface area contributed by atoms with Gasteiger partial charge in [0.05, 0.1) is 30.5 Å². The van der Waals surface area contributed by atoms with Crippen molar-refractivity contribution in [1.29, 1.82) is 0 Å². The number of fused-ring (bicyclic) bond motifs is 2. The molecule has 284 valence electrons. The number of nitrogens with zero attached hydrogens (tertiary/aromatic N) is 4. The molecule has 0 aromatic heterocycles. The van der Waals surface area contributed by atoms with E-state index in [-0.39, 0.29) is 139 Å². The van der Waals surface area contributed by atoms with Gasteiger partial charge >= 0.3 is 88.7 Å². The van der Waals surface area contributed by atoms with Crippen LogP contribution in [0.4, 0.5) is 28.4 Å². The number of anilines is 1. The molecule has 4 N–H and O–H groups in total. The third-order valence-electron chi connectivity index (χ3n) is 8.13. The van der Waals surface area contributed by atoms with Crippen molar-refractivity contribution < 1.29 is 147 Å². The summed E-state index contributed by atoms with van der Waals surface area (Å²) >= 11 is 0. The fourth-order valence-corrected chi connectivity index (χ4v) is 7.50. The van der Waals surface area contributed by atoms with Crippen molar-refractivity contribution in [1.82, 2.24) is 0 Å². The van der Waals surface area contributed by atoms with Gasteiger partial charge in [0.25, 0.3) is 20.2 Å². The Bertz CT molecular complexity index is 2990. The van der Waals surface area contributed by atoms with Crippen LogP contribution in [-0.4, -0.2) is 53.1 Å². The molecule has 18 nitrogen and oxygen atoms in total. The van der Waals surface area contributed by atoms with Gasteiger partial charge in [0.15, 0.2) is 0 Å². The van der Waals surface area contributed by atoms with E-state index in [9.17, 15) is 49.1 Å². The summed E-state index contributed by atoms with van der Waals surface area (Å²) in [6, 6.07) is 18.1. The van der Waals surface area contributed by atoms with Crippen LogP contribution in [0.2, 0.25) is 0 Å². The zero-order valence-electron chi connectivity index (χ0n) is 31.1. The molecule has 0 bridgehead atoms. The van der Waals surface area contributed by atoms with Crippen LogP contribution < -0.4 is 114 Å². The summed E-state index contributed by atoms with van der Waals surface area (Å²) in [5, 5.41) is 41.5. The number of hydrogen-bond acceptors (Lipinski definition) is 16. The smallest absolute Gasteiger partial charge is 0.871 e. The van der Waals surface area contributed by atoms with Crippen LogP contribution in [0.25, 0.3) is 32.7 Å². The fraction of sp³-hybridized carbons (Fsp3) is 0.0588. The summed E-state index contributed by atoms with van der Waals surface area (Å²) in [6.07, 6.45) is 0. The van der Waals surface area contributed by atoms with Gasteiger partial charge in [-0.1, -0.05) is 47.9 Å². The van der Waals surface area contributed by atoms with Crippen LogP contribution >= 0.6 is 0 Å². The van der Waals surface area contributed by atoms with Crippen LogP contribution in [0, 0.1) is 0 Å². The van der Waals surface area contributed by atoms with E-state index in [4.69, 9.17) is 15.2 Å². The van der Waals surface area contributed by atoms with E-state index < -0.39 is 67.9 Å². The van der Waals surface area contributed by atoms with Crippen molar-refractivity contribution in [3.63, 3.8) is 0 Å². The molecule has 0 atom stereocenters. The summed E-state index contributed by atoms with van der Waals surface area (Å²) in [6.45, 7) is 0. The van der Waals surface area contributed by atoms with E-state index >= 15 is 0 Å². The van der Waals surface area contributed by atoms with Crippen molar-refractivity contribution in [3.8, 4) is 34.1 Å². The second-order valence-electron chi connectivity index (χ2n) is 11.5. The van der Waals surface area contributed by atoms with Crippen LogP contribution in [0.15, 0.2) is 120 Å². The van der Waals surface area contributed by atoms with E-state index in [1.165, 1.54) is 56.7 Å². The minimum absolute atomic E-state index is 0. The van der Waals surface area contributed by atoms with Gasteiger partial charge in [-0.25, -0.2) is 8.42 Å². The molecule has 0 amide bonds. The first-order valence-corrected chi connectivity index (χ1v) is 19.5. The van der Waals surface area contributed by atoms with E-state index in [2.05, 4.69) is 20.5 Å². The monoisotopic (exact) mass is 875 g/mol. The standard InChI is InChI=1S/C34H27N5O13S3.3Na/c1-51-27-12-17(7-9-24(27)36-38-26-16-29(54(45,46)47)21-5-3-4-6-22(21)33(26)40)18-8-10-25(28(13-18)52-2)37-39-32-30(55(48,49)50)14-19-11-20(53(42,43)44)15-23(35)31(19)34(32)41;;;/h3-16,40-41H,35H2,1-2H3,(H,42,43,44)(H,45,46,47)(H,48,49,50);;;/q;3*+1/p-3. The Kier molecular flexibility index (Phi) is 16.1. The van der Waals surface area contributed by atoms with Gasteiger partial charge in [0.2, 0.25) is 0 Å². The van der Waals surface area contributed by atoms with Crippen molar-refractivity contribution >= 4 is 80.3 Å². The van der Waals surface area contributed by atoms with Gasteiger partial charge in [0, 0.05) is 11.1 Å². The Balaban J connectivity index is 0.00000300. The maximum Gasteiger partial charge on any atom is 1.00 e. The topological polar surface area (TPSA) is 306 Å². The zero-order chi connectivity index (χ0) is 40.0. The Morgan fingerprint density at radius 1 is 0.603 bits per heavy atom. The summed E-state index contributed by atoms with van der Waals surface area (Å²) in [7, 11) is -12.3. The van der Waals surface area contributed by atoms with Crippen molar-refractivity contribution in [2.75, 3.05) is 20.0 Å². The molecule has 0 radical (unpaired) electrons. The van der Waals surface area contributed by atoms with Crippen molar-refractivity contribution in [2.45, 2.75) is 14.7 Å². The predicted octanol–water partition coefficient (Wildman–Crippen LogP) is -3.35.